The average molecular weight is 337 g/mol. The Morgan fingerprint density at radius 1 is 0.905 bits per heavy atom. The van der Waals surface area contributed by atoms with Gasteiger partial charge in [0, 0.05) is 13.2 Å². The highest BCUT2D eigenvalue weighted by molar-refractivity contribution is 8.17. The van der Waals surface area contributed by atoms with Crippen molar-refractivity contribution in [3.05, 3.63) is 0 Å². The summed E-state index contributed by atoms with van der Waals surface area (Å²) in [5.74, 6) is 2.04. The lowest BCUT2D eigenvalue weighted by molar-refractivity contribution is -0.129. The molecule has 0 aromatic heterocycles. The number of hydrogen-bond acceptors (Lipinski definition) is 5. The molecule has 0 radical (unpaired) electrons. The molecule has 5 heteroatoms. The molecule has 3 nitrogen and oxygen atoms in total. The van der Waals surface area contributed by atoms with Crippen LogP contribution in [0.2, 0.25) is 0 Å². The van der Waals surface area contributed by atoms with Crippen LogP contribution in [0.15, 0.2) is 0 Å². The second-order valence-electron chi connectivity index (χ2n) is 4.79. The van der Waals surface area contributed by atoms with Gasteiger partial charge in [-0.05, 0) is 24.3 Å². The van der Waals surface area contributed by atoms with Crippen molar-refractivity contribution in [1.29, 1.82) is 0 Å². The highest BCUT2D eigenvalue weighted by Crippen LogP contribution is 2.30. The highest BCUT2D eigenvalue weighted by atomic mass is 32.2. The van der Waals surface area contributed by atoms with E-state index in [-0.39, 0.29) is 10.7 Å². The minimum atomic E-state index is -0.448. The minimum absolute atomic E-state index is 0.152. The third-order valence-electron chi connectivity index (χ3n) is 3.00. The number of carbonyl (C=O) groups excluding carboxylic acids is 1. The average Bonchev–Trinajstić information content (AvgIpc) is 2.49. The highest BCUT2D eigenvalue weighted by Gasteiger charge is 2.31. The smallest absolute Gasteiger partial charge is 0.151 e. The lowest BCUT2D eigenvalue weighted by atomic mass is 10.2. The molecule has 0 aliphatic carbocycles. The Morgan fingerprint density at radius 2 is 1.43 bits per heavy atom. The molecule has 0 aliphatic heterocycles. The maximum absolute atomic E-state index is 11.5. The molecule has 0 rings (SSSR count). The van der Waals surface area contributed by atoms with E-state index in [1.165, 1.54) is 0 Å². The van der Waals surface area contributed by atoms with Crippen molar-refractivity contribution in [2.24, 2.45) is 0 Å². The van der Waals surface area contributed by atoms with Crippen LogP contribution in [0, 0.1) is 0 Å². The van der Waals surface area contributed by atoms with Crippen LogP contribution < -0.4 is 0 Å². The Hall–Kier alpha value is 0.290. The van der Waals surface area contributed by atoms with Crippen molar-refractivity contribution in [3.8, 4) is 0 Å². The van der Waals surface area contributed by atoms with Gasteiger partial charge in [0.2, 0.25) is 0 Å². The fraction of sp³-hybridized carbons (Fsp3) is 0.938. The first-order valence-electron chi connectivity index (χ1n) is 8.16. The molecule has 0 bridgehead atoms. The summed E-state index contributed by atoms with van der Waals surface area (Å²) in [5.41, 5.74) is 0. The van der Waals surface area contributed by atoms with Crippen molar-refractivity contribution in [1.82, 2.24) is 0 Å². The first-order valence-corrected chi connectivity index (χ1v) is 10.3. The van der Waals surface area contributed by atoms with Gasteiger partial charge < -0.3 is 14.3 Å². The number of carbonyl (C=O) groups is 1. The maximum atomic E-state index is 11.5. The molecular formula is C16H32O3S2. The van der Waals surface area contributed by atoms with Gasteiger partial charge in [-0.2, -0.15) is 0 Å². The van der Waals surface area contributed by atoms with Crippen LogP contribution >= 0.6 is 23.5 Å². The van der Waals surface area contributed by atoms with E-state index in [1.54, 1.807) is 0 Å². The fourth-order valence-electron chi connectivity index (χ4n) is 1.83. The predicted molar refractivity (Wildman–Crippen MR) is 95.4 cm³/mol. The van der Waals surface area contributed by atoms with Gasteiger partial charge in [-0.1, -0.05) is 40.5 Å². The molecular weight excluding hydrogens is 304 g/mol. The Morgan fingerprint density at radius 3 is 1.86 bits per heavy atom. The van der Waals surface area contributed by atoms with Crippen molar-refractivity contribution >= 4 is 29.8 Å². The van der Waals surface area contributed by atoms with Gasteiger partial charge >= 0.3 is 0 Å². The minimum Gasteiger partial charge on any atom is -0.373 e. The molecule has 0 saturated heterocycles. The zero-order chi connectivity index (χ0) is 15.9. The number of ether oxygens (including phenoxy) is 2. The van der Waals surface area contributed by atoms with E-state index in [2.05, 4.69) is 27.7 Å². The predicted octanol–water partition coefficient (Wildman–Crippen LogP) is 4.39. The van der Waals surface area contributed by atoms with E-state index in [1.807, 2.05) is 23.5 Å². The molecule has 21 heavy (non-hydrogen) atoms. The summed E-state index contributed by atoms with van der Waals surface area (Å²) in [6.07, 6.45) is 4.50. The summed E-state index contributed by atoms with van der Waals surface area (Å²) in [5, 5.41) is 0. The monoisotopic (exact) mass is 336 g/mol. The molecule has 0 aromatic rings. The summed E-state index contributed by atoms with van der Waals surface area (Å²) in [6.45, 7) is 9.89. The third kappa shape index (κ3) is 9.82. The SMILES string of the molecule is CCCCO[C@@H](C=O)[C@@H](OCCCC)C(SCC)SCC. The van der Waals surface area contributed by atoms with Gasteiger partial charge in [-0.25, -0.2) is 0 Å². The molecule has 0 N–H and O–H groups in total. The first-order chi connectivity index (χ1) is 10.2. The van der Waals surface area contributed by atoms with Gasteiger partial charge in [0.25, 0.3) is 0 Å². The van der Waals surface area contributed by atoms with E-state index < -0.39 is 6.10 Å². The summed E-state index contributed by atoms with van der Waals surface area (Å²) in [7, 11) is 0. The molecule has 0 spiro atoms. The van der Waals surface area contributed by atoms with Gasteiger partial charge in [-0.15, -0.1) is 23.5 Å². The summed E-state index contributed by atoms with van der Waals surface area (Å²) in [6, 6.07) is 0. The lowest BCUT2D eigenvalue weighted by Gasteiger charge is -2.30. The van der Waals surface area contributed by atoms with Crippen LogP contribution in [0.3, 0.4) is 0 Å². The van der Waals surface area contributed by atoms with Gasteiger partial charge in [0.05, 0.1) is 4.58 Å². The van der Waals surface area contributed by atoms with Crippen molar-refractivity contribution in [2.45, 2.75) is 70.2 Å². The fourth-order valence-corrected chi connectivity index (χ4v) is 4.54. The molecule has 0 aromatic carbocycles. The lowest BCUT2D eigenvalue weighted by Crippen LogP contribution is -2.40. The molecule has 0 saturated carbocycles. The standard InChI is InChI=1S/C16H32O3S2/c1-5-9-11-18-14(13-17)15(19-12-10-6-2)16(20-7-3)21-8-4/h13-16H,5-12H2,1-4H3/t14-,15+/m0/s1. The quantitative estimate of drug-likeness (QED) is 0.252. The number of unbranched alkanes of at least 4 members (excludes halogenated alkanes) is 2. The molecule has 0 fully saturated rings. The van der Waals surface area contributed by atoms with Crippen LogP contribution in [0.5, 0.6) is 0 Å². The second-order valence-corrected chi connectivity index (χ2v) is 7.93. The van der Waals surface area contributed by atoms with Crippen molar-refractivity contribution < 1.29 is 14.3 Å². The number of hydrogen-bond donors (Lipinski definition) is 0. The zero-order valence-electron chi connectivity index (χ0n) is 14.0. The van der Waals surface area contributed by atoms with Crippen LogP contribution in [-0.4, -0.2) is 47.8 Å². The molecule has 126 valence electrons. The summed E-state index contributed by atoms with van der Waals surface area (Å²) >= 11 is 3.70. The number of aldehydes is 1. The Balaban J connectivity index is 4.72. The van der Waals surface area contributed by atoms with Gasteiger partial charge in [0.15, 0.2) is 6.29 Å². The Kier molecular flexibility index (Phi) is 15.4. The van der Waals surface area contributed by atoms with Crippen LogP contribution in [0.1, 0.15) is 53.4 Å². The summed E-state index contributed by atoms with van der Waals surface area (Å²) in [4.78, 5) is 11.5. The van der Waals surface area contributed by atoms with Crippen LogP contribution in [-0.2, 0) is 14.3 Å². The molecule has 0 aliphatic rings. The largest absolute Gasteiger partial charge is 0.373 e. The van der Waals surface area contributed by atoms with E-state index >= 15 is 0 Å². The Bertz CT molecular complexity index is 234. The number of thioether (sulfide) groups is 2. The van der Waals surface area contributed by atoms with E-state index in [9.17, 15) is 4.79 Å². The number of rotatable bonds is 15. The molecule has 0 heterocycles. The normalized spacial score (nSPS) is 14.3. The third-order valence-corrected chi connectivity index (χ3v) is 5.68. The zero-order valence-corrected chi connectivity index (χ0v) is 15.6. The summed E-state index contributed by atoms with van der Waals surface area (Å²) < 4.78 is 12.1. The van der Waals surface area contributed by atoms with Crippen molar-refractivity contribution in [3.63, 3.8) is 0 Å². The van der Waals surface area contributed by atoms with Gasteiger partial charge in [0.1, 0.15) is 12.2 Å². The second kappa shape index (κ2) is 15.2. The molecule has 0 amide bonds. The van der Waals surface area contributed by atoms with Crippen molar-refractivity contribution in [2.75, 3.05) is 24.7 Å². The van der Waals surface area contributed by atoms with E-state index in [0.29, 0.717) is 13.2 Å². The van der Waals surface area contributed by atoms with E-state index in [4.69, 9.17) is 9.47 Å². The van der Waals surface area contributed by atoms with E-state index in [0.717, 1.165) is 43.5 Å². The topological polar surface area (TPSA) is 35.5 Å². The molecule has 2 atom stereocenters. The van der Waals surface area contributed by atoms with Crippen LogP contribution in [0.4, 0.5) is 0 Å². The maximum Gasteiger partial charge on any atom is 0.151 e. The van der Waals surface area contributed by atoms with Gasteiger partial charge in [-0.3, -0.25) is 0 Å². The van der Waals surface area contributed by atoms with Crippen LogP contribution in [0.25, 0.3) is 0 Å². The first kappa shape index (κ1) is 21.3. The molecule has 0 unspecified atom stereocenters. The Labute approximate surface area is 139 Å².